The highest BCUT2D eigenvalue weighted by atomic mass is 35.5. The summed E-state index contributed by atoms with van der Waals surface area (Å²) in [4.78, 5) is 16.2. The van der Waals surface area contributed by atoms with Gasteiger partial charge in [-0.05, 0) is 37.3 Å². The fraction of sp³-hybridized carbons (Fsp3) is 0.143. The molecule has 2 rings (SSSR count). The standard InChI is InChI=1S/C14H12Cl2N2O2/c1-2-20-14-10(4-3-7-17-14)13(19)18-9-5-6-11(15)12(16)8-9/h3-8H,2H2,1H3,(H,18,19). The largest absolute Gasteiger partial charge is 0.477 e. The second-order valence-electron chi connectivity index (χ2n) is 3.87. The number of rotatable bonds is 4. The summed E-state index contributed by atoms with van der Waals surface area (Å²) in [7, 11) is 0. The van der Waals surface area contributed by atoms with E-state index < -0.39 is 0 Å². The number of carbonyl (C=O) groups excluding carboxylic acids is 1. The minimum absolute atomic E-state index is 0.299. The summed E-state index contributed by atoms with van der Waals surface area (Å²) in [5.41, 5.74) is 0.913. The van der Waals surface area contributed by atoms with E-state index in [1.807, 2.05) is 6.92 Å². The highest BCUT2D eigenvalue weighted by Crippen LogP contribution is 2.25. The Balaban J connectivity index is 2.21. The quantitative estimate of drug-likeness (QED) is 0.927. The molecular weight excluding hydrogens is 299 g/mol. The van der Waals surface area contributed by atoms with Gasteiger partial charge >= 0.3 is 0 Å². The summed E-state index contributed by atoms with van der Waals surface area (Å²) < 4.78 is 5.32. The Bertz CT molecular complexity index is 632. The van der Waals surface area contributed by atoms with Crippen LogP contribution >= 0.6 is 23.2 Å². The summed E-state index contributed by atoms with van der Waals surface area (Å²) in [6, 6.07) is 8.19. The maximum Gasteiger partial charge on any atom is 0.261 e. The number of nitrogens with zero attached hydrogens (tertiary/aromatic N) is 1. The molecule has 1 amide bonds. The first kappa shape index (κ1) is 14.6. The Morgan fingerprint density at radius 3 is 2.80 bits per heavy atom. The van der Waals surface area contributed by atoms with E-state index in [1.165, 1.54) is 0 Å². The first-order chi connectivity index (χ1) is 9.61. The molecule has 0 aliphatic carbocycles. The molecule has 2 aromatic rings. The highest BCUT2D eigenvalue weighted by molar-refractivity contribution is 6.42. The summed E-state index contributed by atoms with van der Waals surface area (Å²) in [5, 5.41) is 3.53. The van der Waals surface area contributed by atoms with Crippen LogP contribution in [0, 0.1) is 0 Å². The van der Waals surface area contributed by atoms with Gasteiger partial charge in [-0.15, -0.1) is 0 Å². The zero-order chi connectivity index (χ0) is 14.5. The van der Waals surface area contributed by atoms with Crippen molar-refractivity contribution in [1.29, 1.82) is 0 Å². The van der Waals surface area contributed by atoms with Crippen molar-refractivity contribution in [2.24, 2.45) is 0 Å². The lowest BCUT2D eigenvalue weighted by Gasteiger charge is -2.09. The molecule has 6 heteroatoms. The molecule has 0 fully saturated rings. The highest BCUT2D eigenvalue weighted by Gasteiger charge is 2.13. The number of hydrogen-bond acceptors (Lipinski definition) is 3. The van der Waals surface area contributed by atoms with Crippen molar-refractivity contribution in [3.05, 3.63) is 52.1 Å². The van der Waals surface area contributed by atoms with Gasteiger partial charge in [0.15, 0.2) is 0 Å². The predicted octanol–water partition coefficient (Wildman–Crippen LogP) is 4.04. The normalized spacial score (nSPS) is 10.2. The Hall–Kier alpha value is -1.78. The molecule has 1 aromatic heterocycles. The van der Waals surface area contributed by atoms with Crippen LogP contribution in [0.1, 0.15) is 17.3 Å². The minimum Gasteiger partial charge on any atom is -0.477 e. The van der Waals surface area contributed by atoms with Gasteiger partial charge in [0.25, 0.3) is 5.91 Å². The number of amides is 1. The van der Waals surface area contributed by atoms with E-state index in [2.05, 4.69) is 10.3 Å². The van der Waals surface area contributed by atoms with Crippen molar-refractivity contribution < 1.29 is 9.53 Å². The molecule has 0 aliphatic rings. The summed E-state index contributed by atoms with van der Waals surface area (Å²) >= 11 is 11.7. The van der Waals surface area contributed by atoms with Gasteiger partial charge in [0.05, 0.1) is 16.7 Å². The Morgan fingerprint density at radius 2 is 2.10 bits per heavy atom. The number of halogens is 2. The molecule has 0 saturated carbocycles. The molecule has 1 heterocycles. The Morgan fingerprint density at radius 1 is 1.30 bits per heavy atom. The molecule has 0 aliphatic heterocycles. The lowest BCUT2D eigenvalue weighted by atomic mass is 10.2. The molecule has 4 nitrogen and oxygen atoms in total. The number of anilines is 1. The van der Waals surface area contributed by atoms with Crippen molar-refractivity contribution in [2.45, 2.75) is 6.92 Å². The smallest absolute Gasteiger partial charge is 0.261 e. The maximum absolute atomic E-state index is 12.2. The van der Waals surface area contributed by atoms with Crippen molar-refractivity contribution in [3.8, 4) is 5.88 Å². The van der Waals surface area contributed by atoms with E-state index in [4.69, 9.17) is 27.9 Å². The SMILES string of the molecule is CCOc1ncccc1C(=O)Nc1ccc(Cl)c(Cl)c1. The Labute approximate surface area is 126 Å². The minimum atomic E-state index is -0.320. The topological polar surface area (TPSA) is 51.2 Å². The van der Waals surface area contributed by atoms with Crippen LogP contribution in [0.3, 0.4) is 0 Å². The van der Waals surface area contributed by atoms with Crippen LogP contribution in [0.25, 0.3) is 0 Å². The lowest BCUT2D eigenvalue weighted by molar-refractivity contribution is 0.102. The third kappa shape index (κ3) is 3.40. The monoisotopic (exact) mass is 310 g/mol. The molecule has 1 N–H and O–H groups in total. The van der Waals surface area contributed by atoms with Crippen LogP contribution < -0.4 is 10.1 Å². The van der Waals surface area contributed by atoms with Gasteiger partial charge < -0.3 is 10.1 Å². The molecule has 0 unspecified atom stereocenters. The molecule has 1 aromatic carbocycles. The first-order valence-electron chi connectivity index (χ1n) is 5.96. The molecule has 20 heavy (non-hydrogen) atoms. The van der Waals surface area contributed by atoms with E-state index >= 15 is 0 Å². The zero-order valence-electron chi connectivity index (χ0n) is 10.7. The summed E-state index contributed by atoms with van der Waals surface area (Å²) in [6.45, 7) is 2.26. The predicted molar refractivity (Wildman–Crippen MR) is 79.8 cm³/mol. The van der Waals surface area contributed by atoms with Crippen molar-refractivity contribution >= 4 is 34.8 Å². The number of pyridine rings is 1. The zero-order valence-corrected chi connectivity index (χ0v) is 12.2. The van der Waals surface area contributed by atoms with Gasteiger partial charge in [0, 0.05) is 11.9 Å². The third-order valence-electron chi connectivity index (χ3n) is 2.47. The van der Waals surface area contributed by atoms with Gasteiger partial charge in [-0.25, -0.2) is 4.98 Å². The second kappa shape index (κ2) is 6.59. The third-order valence-corrected chi connectivity index (χ3v) is 3.21. The molecule has 0 atom stereocenters. The van der Waals surface area contributed by atoms with Gasteiger partial charge in [-0.2, -0.15) is 0 Å². The van der Waals surface area contributed by atoms with E-state index in [0.29, 0.717) is 33.8 Å². The number of hydrogen-bond donors (Lipinski definition) is 1. The van der Waals surface area contributed by atoms with Crippen LogP contribution in [-0.2, 0) is 0 Å². The number of nitrogens with one attached hydrogen (secondary N) is 1. The number of carbonyl (C=O) groups is 1. The molecule has 104 valence electrons. The van der Waals surface area contributed by atoms with Crippen LogP contribution in [0.4, 0.5) is 5.69 Å². The van der Waals surface area contributed by atoms with Crippen molar-refractivity contribution in [3.63, 3.8) is 0 Å². The van der Waals surface area contributed by atoms with E-state index in [1.54, 1.807) is 36.5 Å². The van der Waals surface area contributed by atoms with Crippen LogP contribution in [0.5, 0.6) is 5.88 Å². The molecule has 0 radical (unpaired) electrons. The number of benzene rings is 1. The van der Waals surface area contributed by atoms with Gasteiger partial charge in [0.2, 0.25) is 5.88 Å². The fourth-order valence-corrected chi connectivity index (χ4v) is 1.89. The van der Waals surface area contributed by atoms with Gasteiger partial charge in [0.1, 0.15) is 5.56 Å². The number of aromatic nitrogens is 1. The van der Waals surface area contributed by atoms with Crippen molar-refractivity contribution in [2.75, 3.05) is 11.9 Å². The number of ether oxygens (including phenoxy) is 1. The van der Waals surface area contributed by atoms with Crippen molar-refractivity contribution in [1.82, 2.24) is 4.98 Å². The van der Waals surface area contributed by atoms with E-state index in [-0.39, 0.29) is 5.91 Å². The second-order valence-corrected chi connectivity index (χ2v) is 4.69. The average molecular weight is 311 g/mol. The Kier molecular flexibility index (Phi) is 4.82. The van der Waals surface area contributed by atoms with Crippen LogP contribution in [0.15, 0.2) is 36.5 Å². The molecule has 0 bridgehead atoms. The first-order valence-corrected chi connectivity index (χ1v) is 6.71. The summed E-state index contributed by atoms with van der Waals surface area (Å²) in [5.74, 6) is -0.0208. The molecule has 0 spiro atoms. The van der Waals surface area contributed by atoms with Gasteiger partial charge in [-0.1, -0.05) is 23.2 Å². The van der Waals surface area contributed by atoms with Crippen LogP contribution in [-0.4, -0.2) is 17.5 Å². The van der Waals surface area contributed by atoms with Gasteiger partial charge in [-0.3, -0.25) is 4.79 Å². The van der Waals surface area contributed by atoms with E-state index in [9.17, 15) is 4.79 Å². The lowest BCUT2D eigenvalue weighted by Crippen LogP contribution is -2.14. The molecular formula is C14H12Cl2N2O2. The molecule has 0 saturated heterocycles. The maximum atomic E-state index is 12.2. The fourth-order valence-electron chi connectivity index (χ4n) is 1.59. The van der Waals surface area contributed by atoms with E-state index in [0.717, 1.165) is 0 Å². The van der Waals surface area contributed by atoms with Crippen LogP contribution in [0.2, 0.25) is 10.0 Å². The average Bonchev–Trinajstić information content (AvgIpc) is 2.44. The summed E-state index contributed by atoms with van der Waals surface area (Å²) in [6.07, 6.45) is 1.57.